The molecule has 1 unspecified atom stereocenters. The Labute approximate surface area is 129 Å². The predicted octanol–water partition coefficient (Wildman–Crippen LogP) is 4.32. The van der Waals surface area contributed by atoms with Gasteiger partial charge in [-0.15, -0.1) is 11.3 Å². The van der Waals surface area contributed by atoms with Gasteiger partial charge < -0.3 is 14.8 Å². The van der Waals surface area contributed by atoms with Gasteiger partial charge in [-0.3, -0.25) is 0 Å². The molecule has 112 valence electrons. The lowest BCUT2D eigenvalue weighted by atomic mass is 10.1. The van der Waals surface area contributed by atoms with Gasteiger partial charge in [-0.05, 0) is 43.0 Å². The summed E-state index contributed by atoms with van der Waals surface area (Å²) in [6.07, 6.45) is 0.938. The summed E-state index contributed by atoms with van der Waals surface area (Å²) < 4.78 is 11.4. The van der Waals surface area contributed by atoms with Gasteiger partial charge in [0.15, 0.2) is 11.5 Å². The van der Waals surface area contributed by atoms with Crippen LogP contribution in [0.5, 0.6) is 11.5 Å². The molecule has 1 aromatic carbocycles. The monoisotopic (exact) mass is 303 g/mol. The van der Waals surface area contributed by atoms with Gasteiger partial charge in [-0.1, -0.05) is 12.1 Å². The molecule has 0 amide bonds. The van der Waals surface area contributed by atoms with E-state index in [0.29, 0.717) is 6.04 Å². The number of ether oxygens (including phenoxy) is 2. The molecular weight excluding hydrogens is 282 g/mol. The molecule has 0 aliphatic carbocycles. The molecular formula is C17H21NO2S. The first kappa shape index (κ1) is 14.4. The van der Waals surface area contributed by atoms with E-state index >= 15 is 0 Å². The van der Waals surface area contributed by atoms with E-state index in [1.165, 1.54) is 10.4 Å². The molecule has 2 aromatic rings. The lowest BCUT2D eigenvalue weighted by molar-refractivity contribution is 0.297. The summed E-state index contributed by atoms with van der Waals surface area (Å²) in [6, 6.07) is 11.1. The van der Waals surface area contributed by atoms with Gasteiger partial charge in [0.1, 0.15) is 0 Å². The van der Waals surface area contributed by atoms with Crippen LogP contribution in [0.2, 0.25) is 0 Å². The minimum atomic E-state index is 0.263. The van der Waals surface area contributed by atoms with Crippen LogP contribution in [0.25, 0.3) is 0 Å². The van der Waals surface area contributed by atoms with Crippen molar-refractivity contribution in [2.45, 2.75) is 32.4 Å². The lowest BCUT2D eigenvalue weighted by Crippen LogP contribution is -2.21. The van der Waals surface area contributed by atoms with Crippen molar-refractivity contribution in [1.29, 1.82) is 0 Å². The molecule has 4 heteroatoms. The van der Waals surface area contributed by atoms with Crippen LogP contribution in [0, 0.1) is 0 Å². The van der Waals surface area contributed by atoms with E-state index in [4.69, 9.17) is 9.47 Å². The number of thiophene rings is 1. The molecule has 3 rings (SSSR count). The zero-order valence-electron chi connectivity index (χ0n) is 12.5. The molecule has 0 fully saturated rings. The van der Waals surface area contributed by atoms with Crippen molar-refractivity contribution >= 4 is 11.3 Å². The topological polar surface area (TPSA) is 30.5 Å². The summed E-state index contributed by atoms with van der Waals surface area (Å²) in [7, 11) is 0. The van der Waals surface area contributed by atoms with Gasteiger partial charge in [0, 0.05) is 23.4 Å². The number of hydrogen-bond acceptors (Lipinski definition) is 4. The van der Waals surface area contributed by atoms with E-state index < -0.39 is 0 Å². The van der Waals surface area contributed by atoms with Gasteiger partial charge in [0.25, 0.3) is 0 Å². The summed E-state index contributed by atoms with van der Waals surface area (Å²) in [5, 5.41) is 5.75. The van der Waals surface area contributed by atoms with Crippen molar-refractivity contribution in [3.05, 3.63) is 46.2 Å². The fourth-order valence-corrected chi connectivity index (χ4v) is 3.28. The van der Waals surface area contributed by atoms with Crippen LogP contribution in [0.4, 0.5) is 0 Å². The largest absolute Gasteiger partial charge is 0.490 e. The van der Waals surface area contributed by atoms with Crippen LogP contribution in [0.3, 0.4) is 0 Å². The number of fused-ring (bicyclic) bond motifs is 1. The molecule has 0 radical (unpaired) electrons. The third-order valence-corrected chi connectivity index (χ3v) is 4.80. The van der Waals surface area contributed by atoms with Gasteiger partial charge in [-0.25, -0.2) is 0 Å². The van der Waals surface area contributed by atoms with Crippen LogP contribution in [0.1, 0.15) is 42.8 Å². The van der Waals surface area contributed by atoms with Crippen molar-refractivity contribution < 1.29 is 9.47 Å². The zero-order chi connectivity index (χ0) is 14.7. The molecule has 2 atom stereocenters. The fourth-order valence-electron chi connectivity index (χ4n) is 2.54. The van der Waals surface area contributed by atoms with E-state index in [0.717, 1.165) is 31.1 Å². The molecule has 0 saturated carbocycles. The quantitative estimate of drug-likeness (QED) is 0.912. The summed E-state index contributed by atoms with van der Waals surface area (Å²) in [6.45, 7) is 5.84. The maximum Gasteiger partial charge on any atom is 0.161 e. The number of rotatable bonds is 4. The van der Waals surface area contributed by atoms with Gasteiger partial charge in [0.2, 0.25) is 0 Å². The highest BCUT2D eigenvalue weighted by Gasteiger charge is 2.15. The van der Waals surface area contributed by atoms with Crippen LogP contribution >= 0.6 is 11.3 Å². The second-order valence-corrected chi connectivity index (χ2v) is 6.36. The fraction of sp³-hybridized carbons (Fsp3) is 0.412. The van der Waals surface area contributed by atoms with Crippen molar-refractivity contribution in [2.24, 2.45) is 0 Å². The number of benzene rings is 1. The lowest BCUT2D eigenvalue weighted by Gasteiger charge is -2.20. The Balaban J connectivity index is 1.72. The van der Waals surface area contributed by atoms with Crippen LogP contribution in [-0.4, -0.2) is 13.2 Å². The summed E-state index contributed by atoms with van der Waals surface area (Å²) in [5.41, 5.74) is 1.22. The van der Waals surface area contributed by atoms with Crippen molar-refractivity contribution in [3.8, 4) is 11.5 Å². The van der Waals surface area contributed by atoms with Gasteiger partial charge >= 0.3 is 0 Å². The maximum absolute atomic E-state index is 5.77. The number of hydrogen-bond donors (Lipinski definition) is 1. The summed E-state index contributed by atoms with van der Waals surface area (Å²) in [4.78, 5) is 1.36. The molecule has 1 N–H and O–H groups in total. The van der Waals surface area contributed by atoms with Crippen LogP contribution < -0.4 is 14.8 Å². The third-order valence-electron chi connectivity index (χ3n) is 3.74. The average molecular weight is 303 g/mol. The molecule has 21 heavy (non-hydrogen) atoms. The molecule has 1 aliphatic rings. The second-order valence-electron chi connectivity index (χ2n) is 5.38. The summed E-state index contributed by atoms with van der Waals surface area (Å²) >= 11 is 1.79. The zero-order valence-corrected chi connectivity index (χ0v) is 13.3. The molecule has 1 aromatic heterocycles. The Hall–Kier alpha value is -1.52. The van der Waals surface area contributed by atoms with E-state index in [9.17, 15) is 0 Å². The van der Waals surface area contributed by atoms with Crippen molar-refractivity contribution in [3.63, 3.8) is 0 Å². The standard InChI is InChI=1S/C17H21NO2S/c1-12(18-13(2)17-5-3-10-21-17)14-6-7-15-16(11-14)20-9-4-8-19-15/h3,5-7,10-13,18H,4,8-9H2,1-2H3/t12?,13-/m1/s1. The molecule has 0 saturated heterocycles. The highest BCUT2D eigenvalue weighted by atomic mass is 32.1. The second kappa shape index (κ2) is 6.50. The predicted molar refractivity (Wildman–Crippen MR) is 86.3 cm³/mol. The molecule has 0 spiro atoms. The van der Waals surface area contributed by atoms with E-state index in [1.807, 2.05) is 6.07 Å². The van der Waals surface area contributed by atoms with Crippen LogP contribution in [-0.2, 0) is 0 Å². The molecule has 2 heterocycles. The normalized spacial score (nSPS) is 17.0. The first-order valence-electron chi connectivity index (χ1n) is 7.43. The smallest absolute Gasteiger partial charge is 0.161 e. The van der Waals surface area contributed by atoms with E-state index in [2.05, 4.69) is 48.8 Å². The van der Waals surface area contributed by atoms with E-state index in [1.54, 1.807) is 11.3 Å². The Kier molecular flexibility index (Phi) is 4.46. The molecule has 1 aliphatic heterocycles. The van der Waals surface area contributed by atoms with Crippen molar-refractivity contribution in [2.75, 3.05) is 13.2 Å². The maximum atomic E-state index is 5.77. The SMILES string of the molecule is CC(N[C@H](C)c1cccs1)c1ccc2c(c1)OCCCO2. The van der Waals surface area contributed by atoms with Gasteiger partial charge in [0.05, 0.1) is 13.2 Å². The van der Waals surface area contributed by atoms with Crippen LogP contribution in [0.15, 0.2) is 35.7 Å². The molecule has 3 nitrogen and oxygen atoms in total. The average Bonchev–Trinajstić information content (AvgIpc) is 2.92. The Bertz CT molecular complexity index is 582. The minimum Gasteiger partial charge on any atom is -0.490 e. The first-order chi connectivity index (χ1) is 10.2. The number of nitrogens with one attached hydrogen (secondary N) is 1. The molecule has 0 bridgehead atoms. The highest BCUT2D eigenvalue weighted by Crippen LogP contribution is 2.33. The van der Waals surface area contributed by atoms with Gasteiger partial charge in [-0.2, -0.15) is 0 Å². The van der Waals surface area contributed by atoms with E-state index in [-0.39, 0.29) is 6.04 Å². The Morgan fingerprint density at radius 3 is 2.62 bits per heavy atom. The van der Waals surface area contributed by atoms with Crippen molar-refractivity contribution in [1.82, 2.24) is 5.32 Å². The summed E-state index contributed by atoms with van der Waals surface area (Å²) in [5.74, 6) is 1.72. The highest BCUT2D eigenvalue weighted by molar-refractivity contribution is 7.10. The Morgan fingerprint density at radius 2 is 1.86 bits per heavy atom. The minimum absolute atomic E-state index is 0.263. The Morgan fingerprint density at radius 1 is 1.05 bits per heavy atom. The first-order valence-corrected chi connectivity index (χ1v) is 8.31. The third kappa shape index (κ3) is 3.39.